The van der Waals surface area contributed by atoms with Gasteiger partial charge in [0.25, 0.3) is 0 Å². The van der Waals surface area contributed by atoms with E-state index in [0.29, 0.717) is 17.2 Å². The van der Waals surface area contributed by atoms with Gasteiger partial charge in [-0.25, -0.2) is 24.6 Å². The van der Waals surface area contributed by atoms with E-state index in [2.05, 4.69) is 21.0 Å². The fraction of sp³-hybridized carbons (Fsp3) is 0.100. The maximum atomic E-state index is 9.45. The molecule has 4 rings (SSSR count). The number of hydrogen-bond donors (Lipinski definition) is 0. The summed E-state index contributed by atoms with van der Waals surface area (Å²) in [6, 6.07) is 17.4. The largest absolute Gasteiger partial charge is 0.497 e. The van der Waals surface area contributed by atoms with Crippen molar-refractivity contribution in [1.29, 1.82) is 5.26 Å². The lowest BCUT2D eigenvalue weighted by molar-refractivity contribution is 0.415. The van der Waals surface area contributed by atoms with Crippen LogP contribution in [0.25, 0.3) is 22.3 Å². The van der Waals surface area contributed by atoms with Gasteiger partial charge in [0.1, 0.15) is 18.1 Å². The van der Waals surface area contributed by atoms with Crippen molar-refractivity contribution in [2.45, 2.75) is 0 Å². The molecule has 0 amide bonds. The van der Waals surface area contributed by atoms with Crippen molar-refractivity contribution in [1.82, 2.24) is 19.6 Å². The van der Waals surface area contributed by atoms with Crippen LogP contribution in [0, 0.1) is 11.3 Å². The number of imidazole rings is 1. The fourth-order valence-corrected chi connectivity index (χ4v) is 2.86. The molecule has 7 heteroatoms. The van der Waals surface area contributed by atoms with Gasteiger partial charge in [0, 0.05) is 12.6 Å². The highest BCUT2D eigenvalue weighted by atomic mass is 16.5. The minimum Gasteiger partial charge on any atom is -0.497 e. The molecule has 7 nitrogen and oxygen atoms in total. The van der Waals surface area contributed by atoms with E-state index in [9.17, 15) is 5.26 Å². The van der Waals surface area contributed by atoms with Gasteiger partial charge in [-0.3, -0.25) is 0 Å². The predicted octanol–water partition coefficient (Wildman–Crippen LogP) is 3.27. The summed E-state index contributed by atoms with van der Waals surface area (Å²) in [5.41, 5.74) is 3.63. The molecule has 132 valence electrons. The second-order valence-corrected chi connectivity index (χ2v) is 5.87. The standard InChI is InChI=1S/C20H16N6O/c1-25(26-13-23-17-5-3-4-6-18(17)26)20-22-12-15(11-21)19(24-20)14-7-9-16(27-2)10-8-14/h3-10,12-13H,1-2H3. The van der Waals surface area contributed by atoms with Crippen molar-refractivity contribution < 1.29 is 4.74 Å². The van der Waals surface area contributed by atoms with Crippen LogP contribution < -0.4 is 9.75 Å². The van der Waals surface area contributed by atoms with E-state index in [1.807, 2.05) is 60.3 Å². The number of ether oxygens (including phenoxy) is 1. The van der Waals surface area contributed by atoms with E-state index in [1.54, 1.807) is 18.4 Å². The number of para-hydroxylation sites is 2. The summed E-state index contributed by atoms with van der Waals surface area (Å²) < 4.78 is 7.07. The Hall–Kier alpha value is -3.92. The second-order valence-electron chi connectivity index (χ2n) is 5.87. The smallest absolute Gasteiger partial charge is 0.245 e. The molecule has 0 atom stereocenters. The van der Waals surface area contributed by atoms with E-state index in [-0.39, 0.29) is 0 Å². The zero-order valence-corrected chi connectivity index (χ0v) is 14.9. The Kier molecular flexibility index (Phi) is 4.15. The zero-order valence-electron chi connectivity index (χ0n) is 14.9. The van der Waals surface area contributed by atoms with E-state index in [4.69, 9.17) is 4.74 Å². The van der Waals surface area contributed by atoms with E-state index >= 15 is 0 Å². The van der Waals surface area contributed by atoms with Gasteiger partial charge in [-0.05, 0) is 36.4 Å². The molecule has 0 saturated carbocycles. The molecule has 0 radical (unpaired) electrons. The summed E-state index contributed by atoms with van der Waals surface area (Å²) in [6.07, 6.45) is 3.26. The summed E-state index contributed by atoms with van der Waals surface area (Å²) in [7, 11) is 3.47. The van der Waals surface area contributed by atoms with Crippen molar-refractivity contribution in [3.8, 4) is 23.1 Å². The maximum Gasteiger partial charge on any atom is 0.245 e. The third-order valence-corrected chi connectivity index (χ3v) is 4.31. The number of rotatable bonds is 4. The Balaban J connectivity index is 1.78. The maximum absolute atomic E-state index is 9.45. The average Bonchev–Trinajstić information content (AvgIpc) is 3.17. The summed E-state index contributed by atoms with van der Waals surface area (Å²) in [6.45, 7) is 0. The normalized spacial score (nSPS) is 10.6. The van der Waals surface area contributed by atoms with E-state index in [0.717, 1.165) is 22.3 Å². The quantitative estimate of drug-likeness (QED) is 0.558. The van der Waals surface area contributed by atoms with Gasteiger partial charge in [0.15, 0.2) is 0 Å². The Labute approximate surface area is 156 Å². The van der Waals surface area contributed by atoms with Crippen molar-refractivity contribution >= 4 is 17.0 Å². The predicted molar refractivity (Wildman–Crippen MR) is 102 cm³/mol. The van der Waals surface area contributed by atoms with E-state index < -0.39 is 0 Å². The summed E-state index contributed by atoms with van der Waals surface area (Å²) in [4.78, 5) is 13.4. The van der Waals surface area contributed by atoms with Gasteiger partial charge in [-0.2, -0.15) is 5.26 Å². The lowest BCUT2D eigenvalue weighted by Gasteiger charge is -2.19. The number of aromatic nitrogens is 4. The van der Waals surface area contributed by atoms with Crippen LogP contribution in [0.4, 0.5) is 5.95 Å². The fourth-order valence-electron chi connectivity index (χ4n) is 2.86. The van der Waals surface area contributed by atoms with Gasteiger partial charge in [-0.1, -0.05) is 12.1 Å². The first-order valence-corrected chi connectivity index (χ1v) is 8.29. The number of hydrogen-bond acceptors (Lipinski definition) is 6. The highest BCUT2D eigenvalue weighted by Gasteiger charge is 2.15. The molecule has 0 N–H and O–H groups in total. The summed E-state index contributed by atoms with van der Waals surface area (Å²) in [5.74, 6) is 1.21. The van der Waals surface area contributed by atoms with Crippen LogP contribution in [0.3, 0.4) is 0 Å². The van der Waals surface area contributed by atoms with Crippen LogP contribution in [0.5, 0.6) is 5.75 Å². The first-order valence-electron chi connectivity index (χ1n) is 8.29. The molecule has 0 aliphatic heterocycles. The third-order valence-electron chi connectivity index (χ3n) is 4.31. The Morgan fingerprint density at radius 2 is 1.85 bits per heavy atom. The van der Waals surface area contributed by atoms with Crippen LogP contribution >= 0.6 is 0 Å². The minimum absolute atomic E-state index is 0.410. The topological polar surface area (TPSA) is 79.9 Å². The number of benzene rings is 2. The zero-order chi connectivity index (χ0) is 18.8. The van der Waals surface area contributed by atoms with Crippen molar-refractivity contribution in [3.63, 3.8) is 0 Å². The van der Waals surface area contributed by atoms with Crippen molar-refractivity contribution in [3.05, 3.63) is 66.6 Å². The van der Waals surface area contributed by atoms with Gasteiger partial charge in [0.2, 0.25) is 5.95 Å². The molecule has 0 bridgehead atoms. The van der Waals surface area contributed by atoms with Crippen LogP contribution in [-0.2, 0) is 0 Å². The van der Waals surface area contributed by atoms with E-state index in [1.165, 1.54) is 6.20 Å². The Bertz CT molecular complexity index is 1140. The van der Waals surface area contributed by atoms with Crippen LogP contribution in [0.2, 0.25) is 0 Å². The number of methoxy groups -OCH3 is 1. The Morgan fingerprint density at radius 1 is 1.07 bits per heavy atom. The van der Waals surface area contributed by atoms with Gasteiger partial charge >= 0.3 is 0 Å². The monoisotopic (exact) mass is 356 g/mol. The highest BCUT2D eigenvalue weighted by molar-refractivity contribution is 5.76. The Morgan fingerprint density at radius 3 is 2.59 bits per heavy atom. The SMILES string of the molecule is COc1ccc(-c2nc(N(C)n3cnc4ccccc43)ncc2C#N)cc1. The lowest BCUT2D eigenvalue weighted by Crippen LogP contribution is -2.25. The average molecular weight is 356 g/mol. The molecular formula is C20H16N6O. The lowest BCUT2D eigenvalue weighted by atomic mass is 10.1. The second kappa shape index (κ2) is 6.77. The van der Waals surface area contributed by atoms with Gasteiger partial charge in [-0.15, -0.1) is 0 Å². The molecule has 0 aliphatic carbocycles. The van der Waals surface area contributed by atoms with Gasteiger partial charge < -0.3 is 4.74 Å². The molecule has 2 aromatic carbocycles. The van der Waals surface area contributed by atoms with Crippen LogP contribution in [0.1, 0.15) is 5.56 Å². The molecule has 4 aromatic rings. The van der Waals surface area contributed by atoms with Crippen LogP contribution in [0.15, 0.2) is 61.1 Å². The number of anilines is 1. The summed E-state index contributed by atoms with van der Waals surface area (Å²) in [5, 5.41) is 11.2. The molecule has 2 aromatic heterocycles. The van der Waals surface area contributed by atoms with Crippen LogP contribution in [-0.4, -0.2) is 33.8 Å². The first kappa shape index (κ1) is 16.5. The number of nitriles is 1. The highest BCUT2D eigenvalue weighted by Crippen LogP contribution is 2.25. The molecule has 0 fully saturated rings. The molecular weight excluding hydrogens is 340 g/mol. The van der Waals surface area contributed by atoms with Crippen molar-refractivity contribution in [2.75, 3.05) is 19.2 Å². The third kappa shape index (κ3) is 2.93. The number of nitrogens with zero attached hydrogens (tertiary/aromatic N) is 6. The first-order chi connectivity index (χ1) is 13.2. The molecule has 0 saturated heterocycles. The molecule has 0 spiro atoms. The number of fused-ring (bicyclic) bond motifs is 1. The van der Waals surface area contributed by atoms with Gasteiger partial charge in [0.05, 0.1) is 35.6 Å². The summed E-state index contributed by atoms with van der Waals surface area (Å²) >= 11 is 0. The minimum atomic E-state index is 0.410. The molecule has 27 heavy (non-hydrogen) atoms. The van der Waals surface area contributed by atoms with Crippen molar-refractivity contribution in [2.24, 2.45) is 0 Å². The molecule has 0 aliphatic rings. The molecule has 0 unspecified atom stereocenters. The molecule has 2 heterocycles.